The summed E-state index contributed by atoms with van der Waals surface area (Å²) in [4.78, 5) is 1.07. The standard InChI is InChI=1S/C10H16FNO/c11-8-5-10(7-13)9(1-2-9)3-4-12(10)6-8/h8,13H,1-7H2/t8-,10+/m1/s1/i4D2,7D2,8D. The summed E-state index contributed by atoms with van der Waals surface area (Å²) in [5.41, 5.74) is -2.32. The van der Waals surface area contributed by atoms with Crippen LogP contribution in [0, 0.1) is 5.41 Å². The second-order valence-corrected chi connectivity index (χ2v) is 4.37. The molecule has 1 saturated carbocycles. The summed E-state index contributed by atoms with van der Waals surface area (Å²) in [5.74, 6) is 0. The van der Waals surface area contributed by atoms with Gasteiger partial charge in [0.1, 0.15) is 6.15 Å². The van der Waals surface area contributed by atoms with Gasteiger partial charge in [0.2, 0.25) is 0 Å². The normalized spacial score (nSPS) is 63.4. The molecule has 0 aromatic rings. The first-order valence-electron chi connectivity index (χ1n) is 7.15. The van der Waals surface area contributed by atoms with Crippen LogP contribution in [0.3, 0.4) is 0 Å². The Bertz CT molecular complexity index is 406. The first-order valence-corrected chi connectivity index (χ1v) is 4.65. The fraction of sp³-hybridized carbons (Fsp3) is 1.00. The SMILES string of the molecule is [2H]C1([2H])CC2(CC2)[C@@]2(C([2H])([2H])O)C[C@@]([2H])(F)CN12. The summed E-state index contributed by atoms with van der Waals surface area (Å²) in [6, 6.07) is 0. The van der Waals surface area contributed by atoms with E-state index in [0.29, 0.717) is 12.8 Å². The van der Waals surface area contributed by atoms with Crippen LogP contribution in [0.25, 0.3) is 0 Å². The van der Waals surface area contributed by atoms with E-state index in [4.69, 9.17) is 6.85 Å². The van der Waals surface area contributed by atoms with E-state index in [0.717, 1.165) is 4.90 Å². The molecule has 0 bridgehead atoms. The predicted octanol–water partition coefficient (Wildman–Crippen LogP) is 0.945. The maximum absolute atomic E-state index is 14.0. The lowest BCUT2D eigenvalue weighted by Gasteiger charge is -2.35. The second kappa shape index (κ2) is 2.26. The monoisotopic (exact) mass is 190 g/mol. The summed E-state index contributed by atoms with van der Waals surface area (Å²) >= 11 is 0. The van der Waals surface area contributed by atoms with Crippen LogP contribution in [0.2, 0.25) is 0 Å². The highest BCUT2D eigenvalue weighted by atomic mass is 19.1. The van der Waals surface area contributed by atoms with Gasteiger partial charge in [0.25, 0.3) is 0 Å². The van der Waals surface area contributed by atoms with Gasteiger partial charge in [-0.15, -0.1) is 0 Å². The average molecular weight is 190 g/mol. The van der Waals surface area contributed by atoms with Crippen molar-refractivity contribution < 1.29 is 16.4 Å². The van der Waals surface area contributed by atoms with Crippen LogP contribution in [0.5, 0.6) is 0 Å². The van der Waals surface area contributed by atoms with Crippen molar-refractivity contribution in [2.75, 3.05) is 19.6 Å². The Labute approximate surface area is 84.8 Å². The largest absolute Gasteiger partial charge is 0.394 e. The van der Waals surface area contributed by atoms with Crippen LogP contribution in [0.4, 0.5) is 4.39 Å². The Morgan fingerprint density at radius 3 is 3.08 bits per heavy atom. The van der Waals surface area contributed by atoms with Gasteiger partial charge in [-0.1, -0.05) is 0 Å². The van der Waals surface area contributed by atoms with Crippen molar-refractivity contribution in [1.82, 2.24) is 4.90 Å². The molecule has 0 aromatic carbocycles. The molecule has 1 spiro atoms. The molecule has 3 fully saturated rings. The fourth-order valence-electron chi connectivity index (χ4n) is 2.75. The summed E-state index contributed by atoms with van der Waals surface area (Å²) in [6.45, 7) is -5.05. The highest BCUT2D eigenvalue weighted by Gasteiger charge is 2.67. The molecular formula is C10H16FNO. The molecule has 2 aliphatic heterocycles. The maximum Gasteiger partial charge on any atom is 0.115 e. The summed E-state index contributed by atoms with van der Waals surface area (Å²) in [6.07, 6.45) is -1.60. The van der Waals surface area contributed by atoms with Crippen molar-refractivity contribution in [2.24, 2.45) is 5.41 Å². The Morgan fingerprint density at radius 2 is 2.46 bits per heavy atom. The Balaban J connectivity index is 2.16. The van der Waals surface area contributed by atoms with Crippen molar-refractivity contribution in [3.05, 3.63) is 0 Å². The predicted molar refractivity (Wildman–Crippen MR) is 47.2 cm³/mol. The zero-order valence-electron chi connectivity index (χ0n) is 12.3. The van der Waals surface area contributed by atoms with E-state index in [1.807, 2.05) is 0 Å². The number of halogens is 1. The molecule has 13 heavy (non-hydrogen) atoms. The number of fused-ring (bicyclic) bond motifs is 2. The fourth-order valence-corrected chi connectivity index (χ4v) is 2.75. The third-order valence-electron chi connectivity index (χ3n) is 3.76. The van der Waals surface area contributed by atoms with Gasteiger partial charge in [-0.2, -0.15) is 0 Å². The lowest BCUT2D eigenvalue weighted by Crippen LogP contribution is -2.47. The van der Waals surface area contributed by atoms with Gasteiger partial charge in [0.15, 0.2) is 0 Å². The van der Waals surface area contributed by atoms with E-state index in [-0.39, 0.29) is 6.42 Å². The molecule has 2 atom stereocenters. The Morgan fingerprint density at radius 1 is 1.69 bits per heavy atom. The molecule has 0 amide bonds. The minimum absolute atomic E-state index is 0.107. The molecular weight excluding hydrogens is 169 g/mol. The molecule has 2 nitrogen and oxygen atoms in total. The zero-order chi connectivity index (χ0) is 13.6. The lowest BCUT2D eigenvalue weighted by molar-refractivity contribution is 0.0564. The number of rotatable bonds is 1. The van der Waals surface area contributed by atoms with Crippen LogP contribution >= 0.6 is 0 Å². The summed E-state index contributed by atoms with van der Waals surface area (Å²) < 4.78 is 52.8. The molecule has 2 heterocycles. The minimum Gasteiger partial charge on any atom is -0.394 e. The van der Waals surface area contributed by atoms with Gasteiger partial charge in [0.05, 0.1) is 16.2 Å². The van der Waals surface area contributed by atoms with Crippen molar-refractivity contribution in [2.45, 2.75) is 37.4 Å². The van der Waals surface area contributed by atoms with Crippen molar-refractivity contribution in [1.29, 1.82) is 0 Å². The molecule has 1 N–H and O–H groups in total. The quantitative estimate of drug-likeness (QED) is 0.665. The van der Waals surface area contributed by atoms with Crippen LogP contribution in [0.15, 0.2) is 0 Å². The van der Waals surface area contributed by atoms with Crippen LogP contribution in [0.1, 0.15) is 32.5 Å². The number of alkyl halides is 1. The Kier molecular flexibility index (Phi) is 0.796. The number of aliphatic hydroxyl groups is 1. The highest BCUT2D eigenvalue weighted by Crippen LogP contribution is 2.65. The molecule has 3 heteroatoms. The minimum atomic E-state index is -2.71. The third-order valence-corrected chi connectivity index (χ3v) is 3.76. The Hall–Kier alpha value is -0.150. The van der Waals surface area contributed by atoms with Gasteiger partial charge in [-0.3, -0.25) is 4.90 Å². The topological polar surface area (TPSA) is 23.5 Å². The van der Waals surface area contributed by atoms with E-state index in [1.165, 1.54) is 0 Å². The van der Waals surface area contributed by atoms with E-state index in [1.54, 1.807) is 0 Å². The molecule has 0 radical (unpaired) electrons. The highest BCUT2D eigenvalue weighted by molar-refractivity contribution is 5.21. The molecule has 0 unspecified atom stereocenters. The van der Waals surface area contributed by atoms with Gasteiger partial charge in [0, 0.05) is 15.7 Å². The number of hydrogen-bond donors (Lipinski definition) is 1. The van der Waals surface area contributed by atoms with Gasteiger partial charge >= 0.3 is 0 Å². The molecule has 2 saturated heterocycles. The maximum atomic E-state index is 14.0. The summed E-state index contributed by atoms with van der Waals surface area (Å²) in [5, 5.41) is 9.89. The van der Waals surface area contributed by atoms with Crippen molar-refractivity contribution >= 4 is 0 Å². The van der Waals surface area contributed by atoms with Gasteiger partial charge < -0.3 is 5.11 Å². The van der Waals surface area contributed by atoms with E-state index >= 15 is 0 Å². The molecule has 74 valence electrons. The van der Waals surface area contributed by atoms with Gasteiger partial charge in [-0.05, 0) is 31.2 Å². The van der Waals surface area contributed by atoms with Crippen molar-refractivity contribution in [3.63, 3.8) is 0 Å². The first-order chi connectivity index (χ1) is 7.96. The number of hydrogen-bond acceptors (Lipinski definition) is 2. The second-order valence-electron chi connectivity index (χ2n) is 4.37. The van der Waals surface area contributed by atoms with E-state index < -0.39 is 43.1 Å². The van der Waals surface area contributed by atoms with E-state index in [9.17, 15) is 9.50 Å². The molecule has 3 rings (SSSR count). The lowest BCUT2D eigenvalue weighted by atomic mass is 9.80. The first kappa shape index (κ1) is 4.58. The molecule has 1 aliphatic carbocycles. The van der Waals surface area contributed by atoms with E-state index in [2.05, 4.69) is 0 Å². The van der Waals surface area contributed by atoms with Crippen molar-refractivity contribution in [3.8, 4) is 0 Å². The zero-order valence-corrected chi connectivity index (χ0v) is 7.31. The third kappa shape index (κ3) is 0.803. The van der Waals surface area contributed by atoms with Gasteiger partial charge in [-0.25, -0.2) is 4.39 Å². The van der Waals surface area contributed by atoms with Crippen LogP contribution < -0.4 is 0 Å². The average Bonchev–Trinajstić information content (AvgIpc) is 2.77. The van der Waals surface area contributed by atoms with Crippen LogP contribution in [-0.4, -0.2) is 41.3 Å². The smallest absolute Gasteiger partial charge is 0.115 e. The number of nitrogens with zero attached hydrogens (tertiary/aromatic N) is 1. The molecule has 3 aliphatic rings. The molecule has 0 aromatic heterocycles. The summed E-state index contributed by atoms with van der Waals surface area (Å²) in [7, 11) is 0. The van der Waals surface area contributed by atoms with Crippen LogP contribution in [-0.2, 0) is 0 Å².